The Hall–Kier alpha value is -2.28. The van der Waals surface area contributed by atoms with Gasteiger partial charge in [-0.05, 0) is 26.3 Å². The van der Waals surface area contributed by atoms with E-state index in [0.717, 1.165) is 10.5 Å². The van der Waals surface area contributed by atoms with Crippen molar-refractivity contribution in [2.75, 3.05) is 6.61 Å². The first-order chi connectivity index (χ1) is 10.3. The van der Waals surface area contributed by atoms with Crippen LogP contribution in [-0.2, 0) is 11.3 Å². The lowest BCUT2D eigenvalue weighted by Gasteiger charge is -2.38. The second-order valence-electron chi connectivity index (χ2n) is 5.86. The van der Waals surface area contributed by atoms with Gasteiger partial charge in [0.2, 0.25) is 0 Å². The van der Waals surface area contributed by atoms with E-state index in [1.165, 1.54) is 0 Å². The number of nitrogens with two attached hydrogens (primary N) is 1. The lowest BCUT2D eigenvalue weighted by Crippen LogP contribution is -2.57. The molecule has 7 heteroatoms. The summed E-state index contributed by atoms with van der Waals surface area (Å²) in [5.41, 5.74) is 5.88. The Morgan fingerprint density at radius 3 is 2.41 bits per heavy atom. The van der Waals surface area contributed by atoms with Crippen molar-refractivity contribution in [3.05, 3.63) is 35.9 Å². The van der Waals surface area contributed by atoms with Gasteiger partial charge in [0.05, 0.1) is 13.2 Å². The molecule has 0 aromatic heterocycles. The monoisotopic (exact) mass is 309 g/mol. The lowest BCUT2D eigenvalue weighted by molar-refractivity contribution is 0.0360. The Kier molecular flexibility index (Phi) is 6.18. The maximum atomic E-state index is 11.5. The highest BCUT2D eigenvalue weighted by Gasteiger charge is 2.35. The quantitative estimate of drug-likeness (QED) is 0.323. The van der Waals surface area contributed by atoms with Crippen LogP contribution in [0.3, 0.4) is 0 Å². The van der Waals surface area contributed by atoms with E-state index in [1.54, 1.807) is 20.8 Å². The molecule has 0 aliphatic carbocycles. The van der Waals surface area contributed by atoms with Crippen LogP contribution in [0.25, 0.3) is 0 Å². The summed E-state index contributed by atoms with van der Waals surface area (Å²) >= 11 is 0. The summed E-state index contributed by atoms with van der Waals surface area (Å²) in [7, 11) is 0. The maximum absolute atomic E-state index is 11.5. The van der Waals surface area contributed by atoms with Crippen LogP contribution in [0, 0.1) is 0 Å². The number of hydrogen-bond acceptors (Lipinski definition) is 4. The molecule has 0 saturated carbocycles. The molecule has 1 unspecified atom stereocenters. The van der Waals surface area contributed by atoms with Crippen LogP contribution < -0.4 is 5.73 Å². The van der Waals surface area contributed by atoms with Crippen LogP contribution in [0.1, 0.15) is 26.3 Å². The highest BCUT2D eigenvalue weighted by Crippen LogP contribution is 2.18. The van der Waals surface area contributed by atoms with Crippen LogP contribution in [0.15, 0.2) is 35.5 Å². The highest BCUT2D eigenvalue weighted by molar-refractivity contribution is 5.88. The van der Waals surface area contributed by atoms with Crippen molar-refractivity contribution in [1.29, 1.82) is 0 Å². The minimum Gasteiger partial charge on any atom is -0.465 e. The first-order valence-corrected chi connectivity index (χ1v) is 6.88. The van der Waals surface area contributed by atoms with Gasteiger partial charge >= 0.3 is 6.09 Å². The Morgan fingerprint density at radius 1 is 1.36 bits per heavy atom. The van der Waals surface area contributed by atoms with E-state index < -0.39 is 17.7 Å². The number of nitrogens with zero attached hydrogens (tertiary/aromatic N) is 2. The standard InChI is InChI=1S/C15H23N3O4/c1-15(2,3)18(14(19)20)12(13(16)17-21)10-22-9-11-7-5-4-6-8-11/h4-8,12,21H,9-10H2,1-3H3,(H2,16,17)(H,19,20). The van der Waals surface area contributed by atoms with Gasteiger partial charge in [-0.2, -0.15) is 0 Å². The zero-order valence-electron chi connectivity index (χ0n) is 13.1. The van der Waals surface area contributed by atoms with E-state index >= 15 is 0 Å². The molecule has 1 amide bonds. The number of rotatable bonds is 6. The Balaban J connectivity index is 2.82. The minimum atomic E-state index is -1.16. The van der Waals surface area contributed by atoms with Crippen molar-refractivity contribution in [1.82, 2.24) is 4.90 Å². The summed E-state index contributed by atoms with van der Waals surface area (Å²) in [5, 5.41) is 21.3. The van der Waals surface area contributed by atoms with Gasteiger partial charge in [0, 0.05) is 5.54 Å². The third-order valence-corrected chi connectivity index (χ3v) is 3.08. The predicted octanol–water partition coefficient (Wildman–Crippen LogP) is 2.10. The minimum absolute atomic E-state index is 0.00560. The molecule has 0 spiro atoms. The van der Waals surface area contributed by atoms with Gasteiger partial charge in [0.15, 0.2) is 5.84 Å². The first kappa shape index (κ1) is 17.8. The summed E-state index contributed by atoms with van der Waals surface area (Å²) in [6, 6.07) is 8.60. The summed E-state index contributed by atoms with van der Waals surface area (Å²) in [5.74, 6) is -0.203. The molecule has 0 heterocycles. The number of benzene rings is 1. The molecule has 0 aliphatic rings. The number of carboxylic acid groups (broad SMARTS) is 1. The number of carbonyl (C=O) groups is 1. The van der Waals surface area contributed by atoms with E-state index in [1.807, 2.05) is 30.3 Å². The third kappa shape index (κ3) is 4.92. The molecule has 0 radical (unpaired) electrons. The normalized spacial score (nSPS) is 13.7. The Bertz CT molecular complexity index is 511. The molecule has 122 valence electrons. The van der Waals surface area contributed by atoms with Crippen molar-refractivity contribution in [2.24, 2.45) is 10.9 Å². The first-order valence-electron chi connectivity index (χ1n) is 6.88. The fourth-order valence-electron chi connectivity index (χ4n) is 2.11. The van der Waals surface area contributed by atoms with Crippen molar-refractivity contribution in [2.45, 2.75) is 39.0 Å². The Morgan fingerprint density at radius 2 is 1.95 bits per heavy atom. The van der Waals surface area contributed by atoms with E-state index in [0.29, 0.717) is 6.61 Å². The van der Waals surface area contributed by atoms with Crippen LogP contribution in [0.2, 0.25) is 0 Å². The predicted molar refractivity (Wildman–Crippen MR) is 82.9 cm³/mol. The number of ether oxygens (including phenoxy) is 1. The zero-order chi connectivity index (χ0) is 16.8. The molecular formula is C15H23N3O4. The summed E-state index contributed by atoms with van der Waals surface area (Å²) in [4.78, 5) is 12.6. The number of amidine groups is 1. The summed E-state index contributed by atoms with van der Waals surface area (Å²) in [6.07, 6.45) is -1.16. The molecule has 0 saturated heterocycles. The van der Waals surface area contributed by atoms with Gasteiger partial charge in [0.1, 0.15) is 6.04 Å². The van der Waals surface area contributed by atoms with Crippen LogP contribution in [-0.4, -0.2) is 45.3 Å². The SMILES string of the molecule is CC(C)(C)N(C(=O)O)C(COCc1ccccc1)/C(N)=N\O. The molecule has 4 N–H and O–H groups in total. The van der Waals surface area contributed by atoms with E-state index in [2.05, 4.69) is 5.16 Å². The third-order valence-electron chi connectivity index (χ3n) is 3.08. The van der Waals surface area contributed by atoms with Gasteiger partial charge in [-0.25, -0.2) is 4.79 Å². The van der Waals surface area contributed by atoms with Crippen molar-refractivity contribution in [3.8, 4) is 0 Å². The maximum Gasteiger partial charge on any atom is 0.408 e. The van der Waals surface area contributed by atoms with Gasteiger partial charge in [0.25, 0.3) is 0 Å². The molecule has 7 nitrogen and oxygen atoms in total. The molecular weight excluding hydrogens is 286 g/mol. The van der Waals surface area contributed by atoms with Gasteiger partial charge in [-0.1, -0.05) is 35.5 Å². The number of amides is 1. The number of hydrogen-bond donors (Lipinski definition) is 3. The van der Waals surface area contributed by atoms with Crippen LogP contribution in [0.5, 0.6) is 0 Å². The lowest BCUT2D eigenvalue weighted by atomic mass is 10.0. The van der Waals surface area contributed by atoms with Crippen molar-refractivity contribution < 1.29 is 19.8 Å². The molecule has 0 fully saturated rings. The molecule has 22 heavy (non-hydrogen) atoms. The molecule has 1 rings (SSSR count). The Labute approximate surface area is 130 Å². The summed E-state index contributed by atoms with van der Waals surface area (Å²) < 4.78 is 5.55. The molecule has 0 aliphatic heterocycles. The van der Waals surface area contributed by atoms with Gasteiger partial charge in [-0.3, -0.25) is 4.90 Å². The number of oxime groups is 1. The highest BCUT2D eigenvalue weighted by atomic mass is 16.5. The molecule has 1 aromatic rings. The average Bonchev–Trinajstić information content (AvgIpc) is 2.44. The van der Waals surface area contributed by atoms with E-state index in [9.17, 15) is 9.90 Å². The van der Waals surface area contributed by atoms with Gasteiger partial charge in [-0.15, -0.1) is 0 Å². The average molecular weight is 309 g/mol. The van der Waals surface area contributed by atoms with Crippen LogP contribution in [0.4, 0.5) is 4.79 Å². The van der Waals surface area contributed by atoms with Crippen LogP contribution >= 0.6 is 0 Å². The van der Waals surface area contributed by atoms with Gasteiger partial charge < -0.3 is 20.8 Å². The molecule has 1 aromatic carbocycles. The van der Waals surface area contributed by atoms with Crippen molar-refractivity contribution >= 4 is 11.9 Å². The molecule has 1 atom stereocenters. The topological polar surface area (TPSA) is 108 Å². The summed E-state index contributed by atoms with van der Waals surface area (Å²) in [6.45, 7) is 5.50. The smallest absolute Gasteiger partial charge is 0.408 e. The second kappa shape index (κ2) is 7.65. The van der Waals surface area contributed by atoms with E-state index in [-0.39, 0.29) is 12.4 Å². The fraction of sp³-hybridized carbons (Fsp3) is 0.467. The zero-order valence-corrected chi connectivity index (χ0v) is 13.1. The van der Waals surface area contributed by atoms with E-state index in [4.69, 9.17) is 15.7 Å². The molecule has 0 bridgehead atoms. The fourth-order valence-corrected chi connectivity index (χ4v) is 2.11. The van der Waals surface area contributed by atoms with Crippen molar-refractivity contribution in [3.63, 3.8) is 0 Å². The second-order valence-corrected chi connectivity index (χ2v) is 5.86. The largest absolute Gasteiger partial charge is 0.465 e.